The van der Waals surface area contributed by atoms with Crippen molar-refractivity contribution in [2.24, 2.45) is 5.92 Å². The molecule has 3 fully saturated rings. The highest BCUT2D eigenvalue weighted by molar-refractivity contribution is 5.85. The van der Waals surface area contributed by atoms with Crippen molar-refractivity contribution in [3.8, 4) is 22.6 Å². The lowest BCUT2D eigenvalue weighted by molar-refractivity contribution is -0.146. The van der Waals surface area contributed by atoms with Crippen molar-refractivity contribution in [1.29, 1.82) is 0 Å². The summed E-state index contributed by atoms with van der Waals surface area (Å²) in [6.07, 6.45) is 7.57. The van der Waals surface area contributed by atoms with Gasteiger partial charge < -0.3 is 29.5 Å². The first kappa shape index (κ1) is 33.6. The Balaban J connectivity index is 0.00000417. The number of aromatic nitrogens is 2. The molecule has 2 N–H and O–H groups in total. The van der Waals surface area contributed by atoms with Crippen LogP contribution in [0.4, 0.5) is 5.69 Å². The lowest BCUT2D eigenvalue weighted by Crippen LogP contribution is -2.54. The second kappa shape index (κ2) is 14.8. The molecule has 248 valence electrons. The molecule has 10 nitrogen and oxygen atoms in total. The van der Waals surface area contributed by atoms with Gasteiger partial charge in [-0.15, -0.1) is 12.4 Å². The fourth-order valence-electron chi connectivity index (χ4n) is 6.50. The molecule has 11 heteroatoms. The fraction of sp³-hybridized carbons (Fsp3) is 0.514. The Hall–Kier alpha value is -3.76. The summed E-state index contributed by atoms with van der Waals surface area (Å²) in [6.45, 7) is 11.3. The van der Waals surface area contributed by atoms with Gasteiger partial charge in [-0.05, 0) is 70.2 Å². The van der Waals surface area contributed by atoms with E-state index in [0.29, 0.717) is 38.5 Å². The van der Waals surface area contributed by atoms with Gasteiger partial charge in [0.1, 0.15) is 11.5 Å². The molecule has 46 heavy (non-hydrogen) atoms. The zero-order valence-corrected chi connectivity index (χ0v) is 28.0. The molecule has 2 saturated heterocycles. The molecule has 0 radical (unpaired) electrons. The molecular weight excluding hydrogens is 604 g/mol. The summed E-state index contributed by atoms with van der Waals surface area (Å²) in [4.78, 5) is 33.6. The van der Waals surface area contributed by atoms with Gasteiger partial charge >= 0.3 is 0 Å². The summed E-state index contributed by atoms with van der Waals surface area (Å²) < 4.78 is 12.4. The van der Waals surface area contributed by atoms with Crippen molar-refractivity contribution in [1.82, 2.24) is 25.3 Å². The number of carbonyl (C=O) groups is 2. The number of nitrogens with zero attached hydrogens (tertiary/aromatic N) is 4. The molecule has 2 aliphatic heterocycles. The number of nitrogens with one attached hydrogen (secondary N) is 2. The average molecular weight is 651 g/mol. The summed E-state index contributed by atoms with van der Waals surface area (Å²) in [5.41, 5.74) is 3.11. The SMILES string of the molecule is CCOc1cc(-c2cn[nH]c2)ccc1CN(C(=O)[C@@H]1CCCN(c2cccc(OC(C)(C)C(=O)N3CCNCC3)c2)C1)C1CC1.Cl. The minimum absolute atomic E-state index is 0. The van der Waals surface area contributed by atoms with Crippen molar-refractivity contribution in [3.63, 3.8) is 0 Å². The molecule has 2 amide bonds. The van der Waals surface area contributed by atoms with Crippen LogP contribution in [0.3, 0.4) is 0 Å². The maximum absolute atomic E-state index is 14.1. The number of piperazine rings is 1. The fourth-order valence-corrected chi connectivity index (χ4v) is 6.50. The Morgan fingerprint density at radius 2 is 1.85 bits per heavy atom. The number of anilines is 1. The van der Waals surface area contributed by atoms with Gasteiger partial charge in [-0.2, -0.15) is 5.10 Å². The molecule has 3 heterocycles. The summed E-state index contributed by atoms with van der Waals surface area (Å²) in [5, 5.41) is 10.2. The summed E-state index contributed by atoms with van der Waals surface area (Å²) in [6, 6.07) is 14.5. The number of aromatic amines is 1. The Morgan fingerprint density at radius 3 is 2.57 bits per heavy atom. The van der Waals surface area contributed by atoms with Crippen LogP contribution in [-0.4, -0.2) is 89.3 Å². The molecule has 3 aromatic rings. The second-order valence-electron chi connectivity index (χ2n) is 12.9. The highest BCUT2D eigenvalue weighted by Crippen LogP contribution is 2.36. The first-order chi connectivity index (χ1) is 21.8. The van der Waals surface area contributed by atoms with E-state index in [1.165, 1.54) is 0 Å². The van der Waals surface area contributed by atoms with E-state index in [4.69, 9.17) is 9.47 Å². The van der Waals surface area contributed by atoms with E-state index < -0.39 is 5.60 Å². The number of carbonyl (C=O) groups excluding carboxylic acids is 2. The number of amides is 2. The van der Waals surface area contributed by atoms with Crippen molar-refractivity contribution < 1.29 is 19.1 Å². The minimum Gasteiger partial charge on any atom is -0.494 e. The number of halogens is 1. The molecule has 0 unspecified atom stereocenters. The third kappa shape index (κ3) is 7.78. The van der Waals surface area contributed by atoms with Crippen LogP contribution < -0.4 is 19.7 Å². The van der Waals surface area contributed by atoms with E-state index in [-0.39, 0.29) is 36.2 Å². The largest absolute Gasteiger partial charge is 0.494 e. The third-order valence-electron chi connectivity index (χ3n) is 9.06. The maximum Gasteiger partial charge on any atom is 0.266 e. The van der Waals surface area contributed by atoms with Crippen molar-refractivity contribution in [3.05, 3.63) is 60.4 Å². The number of benzene rings is 2. The van der Waals surface area contributed by atoms with Gasteiger partial charge in [0, 0.05) is 80.9 Å². The van der Waals surface area contributed by atoms with Crippen LogP contribution in [0.5, 0.6) is 11.5 Å². The van der Waals surface area contributed by atoms with E-state index in [1.54, 1.807) is 6.20 Å². The van der Waals surface area contributed by atoms with Crippen LogP contribution in [0.1, 0.15) is 52.0 Å². The van der Waals surface area contributed by atoms with Crippen LogP contribution in [0.25, 0.3) is 11.1 Å². The lowest BCUT2D eigenvalue weighted by Gasteiger charge is -2.37. The third-order valence-corrected chi connectivity index (χ3v) is 9.06. The molecule has 1 atom stereocenters. The molecule has 1 aromatic heterocycles. The highest BCUT2D eigenvalue weighted by atomic mass is 35.5. The van der Waals surface area contributed by atoms with Crippen LogP contribution in [0.2, 0.25) is 0 Å². The Kier molecular flexibility index (Phi) is 10.8. The van der Waals surface area contributed by atoms with Gasteiger partial charge in [0.25, 0.3) is 5.91 Å². The van der Waals surface area contributed by atoms with Crippen molar-refractivity contribution >= 4 is 29.9 Å². The van der Waals surface area contributed by atoms with E-state index in [0.717, 1.165) is 73.4 Å². The molecule has 0 bridgehead atoms. The summed E-state index contributed by atoms with van der Waals surface area (Å²) in [5.74, 6) is 1.61. The number of H-pyrrole nitrogens is 1. The zero-order chi connectivity index (χ0) is 31.4. The molecule has 1 aliphatic carbocycles. The van der Waals surface area contributed by atoms with Crippen LogP contribution >= 0.6 is 12.4 Å². The number of hydrogen-bond donors (Lipinski definition) is 2. The number of hydrogen-bond acceptors (Lipinski definition) is 7. The van der Waals surface area contributed by atoms with Crippen molar-refractivity contribution in [2.75, 3.05) is 50.8 Å². The predicted octanol–water partition coefficient (Wildman–Crippen LogP) is 4.89. The summed E-state index contributed by atoms with van der Waals surface area (Å²) >= 11 is 0. The first-order valence-corrected chi connectivity index (χ1v) is 16.4. The summed E-state index contributed by atoms with van der Waals surface area (Å²) in [7, 11) is 0. The smallest absolute Gasteiger partial charge is 0.266 e. The maximum atomic E-state index is 14.1. The standard InChI is InChI=1S/C35H46N6O4.ClH/c1-4-44-32-19-25(28-21-37-38-22-28)10-11-26(32)24-41(29-12-13-29)33(42)27-7-6-16-40(23-27)30-8-5-9-31(20-30)45-35(2,3)34(43)39-17-14-36-15-18-39;/h5,8-11,19-22,27,29,36H,4,6-7,12-18,23-24H2,1-3H3,(H,37,38);1H/t27-;/m1./s1. The van der Waals surface area contributed by atoms with E-state index >= 15 is 0 Å². The average Bonchev–Trinajstić information content (AvgIpc) is 3.75. The van der Waals surface area contributed by atoms with Crippen LogP contribution in [-0.2, 0) is 16.1 Å². The molecule has 1 saturated carbocycles. The number of piperidine rings is 1. The Bertz CT molecular complexity index is 1470. The van der Waals surface area contributed by atoms with E-state index in [9.17, 15) is 9.59 Å². The van der Waals surface area contributed by atoms with Crippen LogP contribution in [0, 0.1) is 5.92 Å². The molecule has 6 rings (SSSR count). The quantitative estimate of drug-likeness (QED) is 0.305. The van der Waals surface area contributed by atoms with Crippen LogP contribution in [0.15, 0.2) is 54.9 Å². The first-order valence-electron chi connectivity index (χ1n) is 16.4. The lowest BCUT2D eigenvalue weighted by atomic mass is 9.95. The molecule has 3 aliphatic rings. The molecule has 0 spiro atoms. The van der Waals surface area contributed by atoms with Gasteiger partial charge in [-0.3, -0.25) is 14.7 Å². The predicted molar refractivity (Wildman–Crippen MR) is 182 cm³/mol. The highest BCUT2D eigenvalue weighted by Gasteiger charge is 2.38. The normalized spacial score (nSPS) is 18.5. The minimum atomic E-state index is -0.974. The molecule has 2 aromatic carbocycles. The van der Waals surface area contributed by atoms with Crippen molar-refractivity contribution in [2.45, 2.75) is 64.6 Å². The number of rotatable bonds is 11. The van der Waals surface area contributed by atoms with Gasteiger partial charge in [-0.1, -0.05) is 18.2 Å². The van der Waals surface area contributed by atoms with Gasteiger partial charge in [0.05, 0.1) is 18.7 Å². The van der Waals surface area contributed by atoms with Gasteiger partial charge in [0.15, 0.2) is 5.60 Å². The number of ether oxygens (including phenoxy) is 2. The Morgan fingerprint density at radius 1 is 1.04 bits per heavy atom. The molecular formula is C35H47ClN6O4. The van der Waals surface area contributed by atoms with E-state index in [1.807, 2.05) is 50.1 Å². The van der Waals surface area contributed by atoms with Gasteiger partial charge in [-0.25, -0.2) is 0 Å². The Labute approximate surface area is 278 Å². The monoisotopic (exact) mass is 650 g/mol. The topological polar surface area (TPSA) is 103 Å². The zero-order valence-electron chi connectivity index (χ0n) is 27.2. The second-order valence-corrected chi connectivity index (χ2v) is 12.9. The van der Waals surface area contributed by atoms with Gasteiger partial charge in [0.2, 0.25) is 5.91 Å². The van der Waals surface area contributed by atoms with E-state index in [2.05, 4.69) is 49.6 Å².